The fourth-order valence-corrected chi connectivity index (χ4v) is 2.13. The van der Waals surface area contributed by atoms with Gasteiger partial charge in [-0.15, -0.1) is 0 Å². The van der Waals surface area contributed by atoms with Crippen molar-refractivity contribution >= 4 is 11.7 Å². The highest BCUT2D eigenvalue weighted by Crippen LogP contribution is 2.19. The van der Waals surface area contributed by atoms with E-state index in [1.165, 1.54) is 0 Å². The van der Waals surface area contributed by atoms with Crippen molar-refractivity contribution in [1.29, 1.82) is 0 Å². The minimum Gasteiger partial charge on any atom is -0.478 e. The van der Waals surface area contributed by atoms with Crippen molar-refractivity contribution in [3.05, 3.63) is 47.5 Å². The van der Waals surface area contributed by atoms with E-state index >= 15 is 0 Å². The second-order valence-corrected chi connectivity index (χ2v) is 4.41. The van der Waals surface area contributed by atoms with E-state index in [4.69, 9.17) is 5.73 Å². The molecule has 2 aromatic rings. The summed E-state index contributed by atoms with van der Waals surface area (Å²) < 4.78 is 1.96. The third-order valence-electron chi connectivity index (χ3n) is 3.01. The van der Waals surface area contributed by atoms with Crippen LogP contribution in [0.1, 0.15) is 35.1 Å². The van der Waals surface area contributed by atoms with E-state index in [1.807, 2.05) is 10.8 Å². The summed E-state index contributed by atoms with van der Waals surface area (Å²) in [5.74, 6) is -0.0356. The molecule has 3 N–H and O–H groups in total. The number of aromatic carboxylic acids is 1. The number of nitrogens with two attached hydrogens (primary N) is 1. The van der Waals surface area contributed by atoms with Crippen LogP contribution < -0.4 is 5.73 Å². The molecule has 100 valence electrons. The summed E-state index contributed by atoms with van der Waals surface area (Å²) in [6, 6.07) is 5.16. The smallest absolute Gasteiger partial charge is 0.338 e. The van der Waals surface area contributed by atoms with Crippen molar-refractivity contribution < 1.29 is 9.90 Å². The first-order valence-corrected chi connectivity index (χ1v) is 6.24. The molecule has 0 bridgehead atoms. The molecule has 5 nitrogen and oxygen atoms in total. The Bertz CT molecular complexity index is 590. The van der Waals surface area contributed by atoms with Crippen LogP contribution in [0.5, 0.6) is 0 Å². The Morgan fingerprint density at radius 3 is 2.95 bits per heavy atom. The number of benzene rings is 1. The minimum atomic E-state index is -0.995. The lowest BCUT2D eigenvalue weighted by atomic mass is 10.1. The summed E-state index contributed by atoms with van der Waals surface area (Å²) in [7, 11) is 0. The van der Waals surface area contributed by atoms with Gasteiger partial charge in [0.05, 0.1) is 5.56 Å². The maximum atomic E-state index is 11.3. The van der Waals surface area contributed by atoms with Gasteiger partial charge >= 0.3 is 5.97 Å². The van der Waals surface area contributed by atoms with E-state index in [1.54, 1.807) is 24.4 Å². The lowest BCUT2D eigenvalue weighted by molar-refractivity contribution is 0.0696. The Hall–Kier alpha value is -2.30. The van der Waals surface area contributed by atoms with Crippen molar-refractivity contribution in [3.63, 3.8) is 0 Å². The second kappa shape index (κ2) is 5.56. The number of aryl methyl sites for hydroxylation is 1. The lowest BCUT2D eigenvalue weighted by Gasteiger charge is -2.11. The van der Waals surface area contributed by atoms with Crippen LogP contribution >= 0.6 is 0 Å². The Labute approximate surface area is 111 Å². The van der Waals surface area contributed by atoms with Crippen molar-refractivity contribution in [3.8, 4) is 0 Å². The van der Waals surface area contributed by atoms with Crippen molar-refractivity contribution in [1.82, 2.24) is 9.55 Å². The molecule has 1 aromatic carbocycles. The zero-order chi connectivity index (χ0) is 13.8. The first-order valence-electron chi connectivity index (χ1n) is 6.24. The Morgan fingerprint density at radius 1 is 1.47 bits per heavy atom. The van der Waals surface area contributed by atoms with Crippen molar-refractivity contribution in [2.75, 3.05) is 5.73 Å². The van der Waals surface area contributed by atoms with E-state index < -0.39 is 5.97 Å². The zero-order valence-electron chi connectivity index (χ0n) is 10.8. The maximum Gasteiger partial charge on any atom is 0.338 e. The predicted octanol–water partition coefficient (Wildman–Crippen LogP) is 2.16. The molecule has 0 aliphatic carbocycles. The summed E-state index contributed by atoms with van der Waals surface area (Å²) in [5, 5.41) is 9.24. The first-order chi connectivity index (χ1) is 9.13. The van der Waals surface area contributed by atoms with Gasteiger partial charge in [-0.3, -0.25) is 0 Å². The van der Waals surface area contributed by atoms with E-state index in [-0.39, 0.29) is 5.56 Å². The van der Waals surface area contributed by atoms with Crippen molar-refractivity contribution in [2.45, 2.75) is 26.3 Å². The highest BCUT2D eigenvalue weighted by molar-refractivity contribution is 5.95. The van der Waals surface area contributed by atoms with Crippen LogP contribution in [0.15, 0.2) is 30.6 Å². The number of carboxylic acid groups (broad SMARTS) is 1. The van der Waals surface area contributed by atoms with Crippen LogP contribution in [0.25, 0.3) is 0 Å². The SMILES string of the molecule is CCCc1nccn1Cc1cccc(N)c1C(=O)O. The molecular weight excluding hydrogens is 242 g/mol. The number of rotatable bonds is 5. The van der Waals surface area contributed by atoms with Crippen LogP contribution in [-0.2, 0) is 13.0 Å². The van der Waals surface area contributed by atoms with Crippen LogP contribution in [0.2, 0.25) is 0 Å². The molecule has 0 fully saturated rings. The maximum absolute atomic E-state index is 11.3. The van der Waals surface area contributed by atoms with Gasteiger partial charge in [0.25, 0.3) is 0 Å². The molecular formula is C14H17N3O2. The third-order valence-corrected chi connectivity index (χ3v) is 3.01. The zero-order valence-corrected chi connectivity index (χ0v) is 10.8. The quantitative estimate of drug-likeness (QED) is 0.806. The fourth-order valence-electron chi connectivity index (χ4n) is 2.13. The Morgan fingerprint density at radius 2 is 2.26 bits per heavy atom. The number of hydrogen-bond acceptors (Lipinski definition) is 3. The highest BCUT2D eigenvalue weighted by Gasteiger charge is 2.14. The highest BCUT2D eigenvalue weighted by atomic mass is 16.4. The normalized spacial score (nSPS) is 10.6. The number of aromatic nitrogens is 2. The van der Waals surface area contributed by atoms with Gasteiger partial charge < -0.3 is 15.4 Å². The molecule has 1 aromatic heterocycles. The fraction of sp³-hybridized carbons (Fsp3) is 0.286. The van der Waals surface area contributed by atoms with Gasteiger partial charge in [0.2, 0.25) is 0 Å². The summed E-state index contributed by atoms with van der Waals surface area (Å²) in [5.41, 5.74) is 6.91. The lowest BCUT2D eigenvalue weighted by Crippen LogP contribution is -2.11. The van der Waals surface area contributed by atoms with Gasteiger partial charge in [-0.2, -0.15) is 0 Å². The first kappa shape index (κ1) is 13.1. The molecule has 0 atom stereocenters. The van der Waals surface area contributed by atoms with Gasteiger partial charge in [-0.1, -0.05) is 19.1 Å². The van der Waals surface area contributed by atoms with Crippen LogP contribution in [0.4, 0.5) is 5.69 Å². The molecule has 5 heteroatoms. The molecule has 0 saturated carbocycles. The van der Waals surface area contributed by atoms with Gasteiger partial charge in [-0.25, -0.2) is 9.78 Å². The third kappa shape index (κ3) is 2.76. The summed E-state index contributed by atoms with van der Waals surface area (Å²) in [6.07, 6.45) is 5.47. The molecule has 0 aliphatic heterocycles. The molecule has 1 heterocycles. The largest absolute Gasteiger partial charge is 0.478 e. The minimum absolute atomic E-state index is 0.179. The molecule has 19 heavy (non-hydrogen) atoms. The summed E-state index contributed by atoms with van der Waals surface area (Å²) in [4.78, 5) is 15.6. The number of nitrogen functional groups attached to an aromatic ring is 1. The predicted molar refractivity (Wildman–Crippen MR) is 73.1 cm³/mol. The monoisotopic (exact) mass is 259 g/mol. The molecule has 0 aliphatic rings. The second-order valence-electron chi connectivity index (χ2n) is 4.41. The number of carbonyl (C=O) groups is 1. The average Bonchev–Trinajstić information content (AvgIpc) is 2.77. The molecule has 0 saturated heterocycles. The van der Waals surface area contributed by atoms with E-state index in [0.29, 0.717) is 17.8 Å². The number of imidazole rings is 1. The molecule has 0 amide bonds. The molecule has 0 spiro atoms. The topological polar surface area (TPSA) is 81.1 Å². The van der Waals surface area contributed by atoms with Crippen LogP contribution in [-0.4, -0.2) is 20.6 Å². The summed E-state index contributed by atoms with van der Waals surface area (Å²) >= 11 is 0. The molecule has 0 unspecified atom stereocenters. The number of nitrogens with zero attached hydrogens (tertiary/aromatic N) is 2. The number of carboxylic acids is 1. The Kier molecular flexibility index (Phi) is 3.85. The molecule has 0 radical (unpaired) electrons. The number of hydrogen-bond donors (Lipinski definition) is 2. The molecule has 2 rings (SSSR count). The average molecular weight is 259 g/mol. The van der Waals surface area contributed by atoms with Gasteiger partial charge in [0.1, 0.15) is 5.82 Å². The van der Waals surface area contributed by atoms with Crippen LogP contribution in [0.3, 0.4) is 0 Å². The standard InChI is InChI=1S/C14H17N3O2/c1-2-4-12-16-7-8-17(12)9-10-5-3-6-11(15)13(10)14(18)19/h3,5-8H,2,4,9,15H2,1H3,(H,18,19). The number of anilines is 1. The van der Waals surface area contributed by atoms with Crippen molar-refractivity contribution in [2.24, 2.45) is 0 Å². The van der Waals surface area contributed by atoms with Gasteiger partial charge in [0.15, 0.2) is 0 Å². The van der Waals surface area contributed by atoms with E-state index in [2.05, 4.69) is 11.9 Å². The van der Waals surface area contributed by atoms with Crippen LogP contribution in [0, 0.1) is 0 Å². The van der Waals surface area contributed by atoms with E-state index in [9.17, 15) is 9.90 Å². The summed E-state index contributed by atoms with van der Waals surface area (Å²) in [6.45, 7) is 2.56. The Balaban J connectivity index is 2.35. The van der Waals surface area contributed by atoms with E-state index in [0.717, 1.165) is 18.7 Å². The van der Waals surface area contributed by atoms with Gasteiger partial charge in [0, 0.05) is 31.0 Å². The van der Waals surface area contributed by atoms with Gasteiger partial charge in [-0.05, 0) is 18.1 Å².